The zero-order valence-corrected chi connectivity index (χ0v) is 15.4. The Morgan fingerprint density at radius 1 is 1.14 bits per heavy atom. The van der Waals surface area contributed by atoms with Crippen LogP contribution < -0.4 is 10.2 Å². The van der Waals surface area contributed by atoms with Gasteiger partial charge in [-0.05, 0) is 42.0 Å². The van der Waals surface area contributed by atoms with Crippen molar-refractivity contribution in [3.05, 3.63) is 77.6 Å². The van der Waals surface area contributed by atoms with Crippen LogP contribution in [0.2, 0.25) is 0 Å². The zero-order chi connectivity index (χ0) is 20.3. The fourth-order valence-corrected chi connectivity index (χ4v) is 2.69. The topological polar surface area (TPSA) is 50.2 Å². The first-order chi connectivity index (χ1) is 13.2. The number of rotatable bonds is 5. The van der Waals surface area contributed by atoms with Crippen molar-refractivity contribution in [1.82, 2.24) is 9.78 Å². The molecule has 3 rings (SSSR count). The van der Waals surface area contributed by atoms with Gasteiger partial charge in [0.25, 0.3) is 5.91 Å². The van der Waals surface area contributed by atoms with Crippen LogP contribution in [0.5, 0.6) is 0 Å². The summed E-state index contributed by atoms with van der Waals surface area (Å²) in [6, 6.07) is 12.3. The highest BCUT2D eigenvalue weighted by atomic mass is 19.4. The highest BCUT2D eigenvalue weighted by Gasteiger charge is 2.34. The highest BCUT2D eigenvalue weighted by Crippen LogP contribution is 2.37. The summed E-state index contributed by atoms with van der Waals surface area (Å²) in [7, 11) is 3.30. The van der Waals surface area contributed by atoms with Gasteiger partial charge in [-0.1, -0.05) is 12.1 Å². The van der Waals surface area contributed by atoms with E-state index >= 15 is 0 Å². The molecule has 3 aromatic rings. The smallest absolute Gasteiger partial charge is 0.378 e. The molecule has 5 nitrogen and oxygen atoms in total. The minimum absolute atomic E-state index is 0.272. The summed E-state index contributed by atoms with van der Waals surface area (Å²) in [5.41, 5.74) is 0.431. The molecule has 0 aliphatic heterocycles. The molecule has 0 saturated heterocycles. The van der Waals surface area contributed by atoms with Crippen molar-refractivity contribution < 1.29 is 18.0 Å². The number of hydrogen-bond donors (Lipinski definition) is 1. The van der Waals surface area contributed by atoms with E-state index in [-0.39, 0.29) is 11.3 Å². The van der Waals surface area contributed by atoms with Crippen molar-refractivity contribution in [2.75, 3.05) is 24.3 Å². The third kappa shape index (κ3) is 4.51. The Bertz CT molecular complexity index is 949. The molecule has 1 N–H and O–H groups in total. The van der Waals surface area contributed by atoms with E-state index in [9.17, 15) is 18.0 Å². The van der Waals surface area contributed by atoms with Crippen LogP contribution in [0.15, 0.2) is 60.9 Å². The third-order valence-electron chi connectivity index (χ3n) is 4.19. The molecule has 0 atom stereocenters. The van der Waals surface area contributed by atoms with Crippen LogP contribution >= 0.6 is 0 Å². The predicted molar refractivity (Wildman–Crippen MR) is 101 cm³/mol. The Morgan fingerprint density at radius 3 is 2.43 bits per heavy atom. The van der Waals surface area contributed by atoms with Gasteiger partial charge in [-0.2, -0.15) is 18.3 Å². The zero-order valence-electron chi connectivity index (χ0n) is 15.4. The number of aromatic nitrogens is 2. The van der Waals surface area contributed by atoms with Crippen LogP contribution in [0, 0.1) is 0 Å². The minimum Gasteiger partial charge on any atom is -0.378 e. The molecule has 0 saturated carbocycles. The molecule has 0 unspecified atom stereocenters. The van der Waals surface area contributed by atoms with Crippen molar-refractivity contribution in [2.24, 2.45) is 0 Å². The molecular weight excluding hydrogens is 369 g/mol. The molecule has 0 aliphatic carbocycles. The monoisotopic (exact) mass is 388 g/mol. The van der Waals surface area contributed by atoms with Crippen LogP contribution in [0.4, 0.5) is 24.5 Å². The number of carbonyl (C=O) groups is 1. The van der Waals surface area contributed by atoms with Crippen molar-refractivity contribution in [1.29, 1.82) is 0 Å². The summed E-state index contributed by atoms with van der Waals surface area (Å²) >= 11 is 0. The summed E-state index contributed by atoms with van der Waals surface area (Å²) in [4.78, 5) is 14.0. The molecule has 28 heavy (non-hydrogen) atoms. The Balaban J connectivity index is 1.79. The van der Waals surface area contributed by atoms with E-state index in [1.807, 2.05) is 12.3 Å². The quantitative estimate of drug-likeness (QED) is 0.710. The second-order valence-electron chi connectivity index (χ2n) is 6.48. The molecule has 8 heteroatoms. The molecule has 1 heterocycles. The van der Waals surface area contributed by atoms with Crippen LogP contribution in [-0.2, 0) is 12.7 Å². The standard InChI is InChI=1S/C20H19F3N4O/c1-26(2)16-8-9-18(17(12-16)20(21,22)23)25-19(28)15-6-4-14(5-7-15)13-27-11-3-10-24-27/h3-12H,13H2,1-2H3,(H,25,28). The van der Waals surface area contributed by atoms with Crippen molar-refractivity contribution in [3.8, 4) is 0 Å². The van der Waals surface area contributed by atoms with E-state index in [4.69, 9.17) is 0 Å². The van der Waals surface area contributed by atoms with Crippen LogP contribution in [0.1, 0.15) is 21.5 Å². The lowest BCUT2D eigenvalue weighted by Crippen LogP contribution is -2.18. The van der Waals surface area contributed by atoms with Crippen LogP contribution in [-0.4, -0.2) is 29.8 Å². The lowest BCUT2D eigenvalue weighted by atomic mass is 10.1. The Kier molecular flexibility index (Phi) is 5.39. The van der Waals surface area contributed by atoms with Gasteiger partial charge in [0.1, 0.15) is 0 Å². The fourth-order valence-electron chi connectivity index (χ4n) is 2.69. The van der Waals surface area contributed by atoms with Gasteiger partial charge in [0, 0.05) is 37.7 Å². The summed E-state index contributed by atoms with van der Waals surface area (Å²) in [5, 5.41) is 6.47. The second kappa shape index (κ2) is 7.75. The highest BCUT2D eigenvalue weighted by molar-refractivity contribution is 6.04. The Labute approximate surface area is 160 Å². The number of carbonyl (C=O) groups excluding carboxylic acids is 1. The number of benzene rings is 2. The van der Waals surface area contributed by atoms with Gasteiger partial charge in [-0.25, -0.2) is 0 Å². The van der Waals surface area contributed by atoms with Crippen molar-refractivity contribution in [2.45, 2.75) is 12.7 Å². The molecule has 0 fully saturated rings. The summed E-state index contributed by atoms with van der Waals surface area (Å²) in [6.45, 7) is 0.541. The summed E-state index contributed by atoms with van der Waals surface area (Å²) in [5.74, 6) is -0.603. The summed E-state index contributed by atoms with van der Waals surface area (Å²) < 4.78 is 41.9. The van der Waals surface area contributed by atoms with Gasteiger partial charge in [0.05, 0.1) is 17.8 Å². The number of nitrogens with one attached hydrogen (secondary N) is 1. The van der Waals surface area contributed by atoms with E-state index in [1.165, 1.54) is 12.1 Å². The molecule has 0 aliphatic rings. The Morgan fingerprint density at radius 2 is 1.86 bits per heavy atom. The molecule has 2 aromatic carbocycles. The fraction of sp³-hybridized carbons (Fsp3) is 0.200. The number of alkyl halides is 3. The van der Waals surface area contributed by atoms with E-state index in [2.05, 4.69) is 10.4 Å². The molecule has 1 aromatic heterocycles. The minimum atomic E-state index is -4.58. The number of halogens is 3. The van der Waals surface area contributed by atoms with E-state index in [1.54, 1.807) is 54.1 Å². The number of amides is 1. The molecule has 1 amide bonds. The average Bonchev–Trinajstić information content (AvgIpc) is 3.14. The number of anilines is 2. The van der Waals surface area contributed by atoms with Gasteiger partial charge >= 0.3 is 6.18 Å². The van der Waals surface area contributed by atoms with E-state index < -0.39 is 17.6 Å². The van der Waals surface area contributed by atoms with Crippen LogP contribution in [0.25, 0.3) is 0 Å². The maximum atomic E-state index is 13.4. The van der Waals surface area contributed by atoms with Crippen molar-refractivity contribution >= 4 is 17.3 Å². The van der Waals surface area contributed by atoms with Gasteiger partial charge in [-0.15, -0.1) is 0 Å². The SMILES string of the molecule is CN(C)c1ccc(NC(=O)c2ccc(Cn3cccn3)cc2)c(C(F)(F)F)c1. The third-order valence-corrected chi connectivity index (χ3v) is 4.19. The summed E-state index contributed by atoms with van der Waals surface area (Å²) in [6.07, 6.45) is -1.10. The second-order valence-corrected chi connectivity index (χ2v) is 6.48. The lowest BCUT2D eigenvalue weighted by molar-refractivity contribution is -0.136. The predicted octanol–water partition coefficient (Wildman–Crippen LogP) is 4.27. The number of hydrogen-bond acceptors (Lipinski definition) is 3. The molecule has 0 radical (unpaired) electrons. The van der Waals surface area contributed by atoms with E-state index in [0.29, 0.717) is 12.2 Å². The van der Waals surface area contributed by atoms with Gasteiger partial charge in [-0.3, -0.25) is 9.48 Å². The first kappa shape index (κ1) is 19.5. The first-order valence-electron chi connectivity index (χ1n) is 8.50. The van der Waals surface area contributed by atoms with Gasteiger partial charge in [0.2, 0.25) is 0 Å². The maximum Gasteiger partial charge on any atom is 0.418 e. The molecule has 146 valence electrons. The maximum absolute atomic E-state index is 13.4. The number of nitrogens with zero attached hydrogens (tertiary/aromatic N) is 3. The van der Waals surface area contributed by atoms with Crippen LogP contribution in [0.3, 0.4) is 0 Å². The van der Waals surface area contributed by atoms with Crippen molar-refractivity contribution in [3.63, 3.8) is 0 Å². The average molecular weight is 388 g/mol. The Hall–Kier alpha value is -3.29. The normalized spacial score (nSPS) is 11.3. The molecule has 0 spiro atoms. The van der Waals surface area contributed by atoms with Gasteiger partial charge in [0.15, 0.2) is 0 Å². The van der Waals surface area contributed by atoms with E-state index in [0.717, 1.165) is 11.6 Å². The molecular formula is C20H19F3N4O. The van der Waals surface area contributed by atoms with Gasteiger partial charge < -0.3 is 10.2 Å². The first-order valence-corrected chi connectivity index (χ1v) is 8.50. The lowest BCUT2D eigenvalue weighted by Gasteiger charge is -2.18. The largest absolute Gasteiger partial charge is 0.418 e. The molecule has 0 bridgehead atoms.